The number of hydroxylamine groups is 1. The molecule has 1 saturated carbocycles. The summed E-state index contributed by atoms with van der Waals surface area (Å²) in [4.78, 5) is 49.8. The molecule has 3 fully saturated rings. The highest BCUT2D eigenvalue weighted by atomic mass is 19.1. The molecule has 2 saturated heterocycles. The molecule has 3 aromatic carbocycles. The van der Waals surface area contributed by atoms with E-state index in [1.165, 1.54) is 37.8 Å². The van der Waals surface area contributed by atoms with Crippen molar-refractivity contribution in [3.63, 3.8) is 0 Å². The smallest absolute Gasteiger partial charge is 0.389 e. The Morgan fingerprint density at radius 1 is 0.970 bits per heavy atom. The van der Waals surface area contributed by atoms with Gasteiger partial charge in [-0.3, -0.25) is 23.9 Å². The summed E-state index contributed by atoms with van der Waals surface area (Å²) in [5.74, 6) is -0.552. The summed E-state index contributed by atoms with van der Waals surface area (Å²) in [6, 6.07) is 14.2. The number of nitrogens with zero attached hydrogens (tertiary/aromatic N) is 8. The minimum atomic E-state index is -1.10. The highest BCUT2D eigenvalue weighted by molar-refractivity contribution is 6.00. The number of amides is 2. The van der Waals surface area contributed by atoms with Crippen molar-refractivity contribution in [1.82, 2.24) is 49.0 Å². The molecule has 0 bridgehead atoms. The number of benzene rings is 3. The number of carbonyl (C=O) groups is 2. The van der Waals surface area contributed by atoms with E-state index in [0.29, 0.717) is 83.6 Å². The third-order valence-corrected chi connectivity index (χ3v) is 14.4. The fourth-order valence-electron chi connectivity index (χ4n) is 11.0. The van der Waals surface area contributed by atoms with E-state index >= 15 is 13.6 Å². The third-order valence-electron chi connectivity index (χ3n) is 14.4. The molecule has 4 aromatic heterocycles. The number of imidazole rings is 1. The van der Waals surface area contributed by atoms with Crippen molar-refractivity contribution in [2.75, 3.05) is 19.8 Å². The second-order valence-electron chi connectivity index (χ2n) is 19.4. The molecule has 3 aliphatic heterocycles. The van der Waals surface area contributed by atoms with E-state index in [1.807, 2.05) is 13.0 Å². The molecule has 7 heterocycles. The van der Waals surface area contributed by atoms with Crippen molar-refractivity contribution in [2.45, 2.75) is 103 Å². The van der Waals surface area contributed by atoms with Gasteiger partial charge in [0.05, 0.1) is 57.9 Å². The first-order chi connectivity index (χ1) is 32.0. The van der Waals surface area contributed by atoms with Crippen molar-refractivity contribution in [1.29, 1.82) is 0 Å². The number of hydrogen-bond donors (Lipinski definition) is 3. The van der Waals surface area contributed by atoms with E-state index in [9.17, 15) is 14.7 Å². The van der Waals surface area contributed by atoms with Crippen LogP contribution in [0.25, 0.3) is 39.0 Å². The number of rotatable bonds is 9. The molecule has 18 heteroatoms. The Morgan fingerprint density at radius 2 is 1.69 bits per heavy atom. The van der Waals surface area contributed by atoms with Gasteiger partial charge in [0.25, 0.3) is 5.91 Å². The number of aromatic nitrogens is 7. The third kappa shape index (κ3) is 6.81. The highest BCUT2D eigenvalue weighted by Gasteiger charge is 2.62. The van der Waals surface area contributed by atoms with Gasteiger partial charge in [0, 0.05) is 55.0 Å². The number of aryl methyl sites for hydroxylation is 2. The van der Waals surface area contributed by atoms with E-state index in [-0.39, 0.29) is 35.3 Å². The zero-order chi connectivity index (χ0) is 46.8. The molecule has 1 aliphatic carbocycles. The van der Waals surface area contributed by atoms with Crippen molar-refractivity contribution < 1.29 is 33.1 Å². The van der Waals surface area contributed by atoms with Crippen LogP contribution in [0.4, 0.5) is 13.6 Å². The molecule has 67 heavy (non-hydrogen) atoms. The molecule has 1 unspecified atom stereocenters. The molecule has 3 N–H and O–H groups in total. The average molecular weight is 915 g/mol. The van der Waals surface area contributed by atoms with Crippen LogP contribution < -0.4 is 16.5 Å². The summed E-state index contributed by atoms with van der Waals surface area (Å²) < 4.78 is 45.1. The van der Waals surface area contributed by atoms with E-state index in [0.717, 1.165) is 23.7 Å². The first-order valence-electron chi connectivity index (χ1n) is 22.9. The lowest BCUT2D eigenvalue weighted by Crippen LogP contribution is -2.49. The van der Waals surface area contributed by atoms with Crippen molar-refractivity contribution >= 4 is 33.8 Å². The molecule has 0 radical (unpaired) electrons. The zero-order valence-corrected chi connectivity index (χ0v) is 38.1. The maximum atomic E-state index is 16.5. The maximum absolute atomic E-state index is 16.5. The van der Waals surface area contributed by atoms with Gasteiger partial charge >= 0.3 is 11.8 Å². The van der Waals surface area contributed by atoms with Crippen molar-refractivity contribution in [3.05, 3.63) is 123 Å². The largest absolute Gasteiger partial charge is 0.427 e. The topological polar surface area (TPSA) is 168 Å². The van der Waals surface area contributed by atoms with Gasteiger partial charge in [-0.2, -0.15) is 10.2 Å². The summed E-state index contributed by atoms with van der Waals surface area (Å²) >= 11 is 0. The molecule has 2 amide bonds. The second-order valence-corrected chi connectivity index (χ2v) is 19.4. The van der Waals surface area contributed by atoms with Crippen LogP contribution in [-0.4, -0.2) is 86.8 Å². The highest BCUT2D eigenvalue weighted by Crippen LogP contribution is 2.55. The first-order valence-corrected chi connectivity index (χ1v) is 22.9. The van der Waals surface area contributed by atoms with Gasteiger partial charge in [0.15, 0.2) is 5.82 Å². The van der Waals surface area contributed by atoms with E-state index in [2.05, 4.69) is 45.6 Å². The van der Waals surface area contributed by atoms with Gasteiger partial charge in [0.2, 0.25) is 0 Å². The van der Waals surface area contributed by atoms with Crippen LogP contribution in [0.3, 0.4) is 0 Å². The molecule has 0 spiro atoms. The zero-order valence-electron chi connectivity index (χ0n) is 38.1. The monoisotopic (exact) mass is 914 g/mol. The molecule has 16 nitrogen and oxygen atoms in total. The van der Waals surface area contributed by atoms with E-state index in [1.54, 1.807) is 61.7 Å². The van der Waals surface area contributed by atoms with Crippen LogP contribution >= 0.6 is 0 Å². The average Bonchev–Trinajstić information content (AvgIpc) is 3.94. The normalized spacial score (nSPS) is 22.1. The van der Waals surface area contributed by atoms with Crippen LogP contribution in [-0.2, 0) is 28.1 Å². The van der Waals surface area contributed by atoms with Crippen LogP contribution in [0.5, 0.6) is 0 Å². The molecule has 348 valence electrons. The number of fused-ring (bicyclic) bond motifs is 3. The summed E-state index contributed by atoms with van der Waals surface area (Å²) in [5.41, 5.74) is 5.95. The Bertz CT molecular complexity index is 3220. The maximum Gasteiger partial charge on any atom is 0.427 e. The predicted molar refractivity (Wildman–Crippen MR) is 244 cm³/mol. The minimum Gasteiger partial charge on any atom is -0.389 e. The van der Waals surface area contributed by atoms with Gasteiger partial charge in [-0.1, -0.05) is 13.0 Å². The first kappa shape index (κ1) is 43.0. The molecule has 7 aromatic rings. The van der Waals surface area contributed by atoms with Crippen LogP contribution in [0.15, 0.2) is 71.9 Å². The van der Waals surface area contributed by atoms with Crippen LogP contribution in [0.1, 0.15) is 97.4 Å². The lowest BCUT2D eigenvalue weighted by molar-refractivity contribution is 0.0590. The summed E-state index contributed by atoms with van der Waals surface area (Å²) in [6.45, 7) is 12.4. The van der Waals surface area contributed by atoms with Gasteiger partial charge in [-0.25, -0.2) is 23.1 Å². The molecule has 11 rings (SSSR count). The number of ether oxygens (including phenoxy) is 1. The Kier molecular flexibility index (Phi) is 9.92. The second kappa shape index (κ2) is 15.5. The van der Waals surface area contributed by atoms with Gasteiger partial charge in [-0.05, 0) is 125 Å². The molecular formula is C49H52F2N10O6. The number of aliphatic hydroxyl groups is 1. The number of hydrogen-bond acceptors (Lipinski definition) is 9. The SMILES string of the molecule is Cc1cc(-n2nc3c(c2-n2ccn(-c4ccc5c(cnn5CC(C)(C)O)c4F)c2=O)[C@H](C)N(C(=O)c2cc4cc(C5CCOCC5)ccc4n2[C@@]2(C4NOC(=O)N4)C[C@@H]2C)CC3)cc(C)c1F. The van der Waals surface area contributed by atoms with Crippen molar-refractivity contribution in [3.8, 4) is 17.2 Å². The fourth-order valence-corrected chi connectivity index (χ4v) is 11.0. The fraction of sp³-hybridized carbons (Fsp3) is 0.408. The number of nitrogens with one attached hydrogen (secondary N) is 2. The summed E-state index contributed by atoms with van der Waals surface area (Å²) in [7, 11) is 0. The lowest BCUT2D eigenvalue weighted by Gasteiger charge is -2.35. The predicted octanol–water partition coefficient (Wildman–Crippen LogP) is 6.74. The summed E-state index contributed by atoms with van der Waals surface area (Å²) in [5, 5.41) is 23.8. The number of halogens is 2. The Hall–Kier alpha value is -6.63. The van der Waals surface area contributed by atoms with Crippen LogP contribution in [0.2, 0.25) is 0 Å². The van der Waals surface area contributed by atoms with Gasteiger partial charge < -0.3 is 24.1 Å². The van der Waals surface area contributed by atoms with Gasteiger partial charge in [-0.15, -0.1) is 5.48 Å². The Morgan fingerprint density at radius 3 is 2.37 bits per heavy atom. The minimum absolute atomic E-state index is 0.00769. The van der Waals surface area contributed by atoms with Crippen LogP contribution in [0, 0.1) is 31.4 Å². The Labute approximate surface area is 383 Å². The lowest BCUT2D eigenvalue weighted by atomic mass is 9.91. The van der Waals surface area contributed by atoms with Crippen molar-refractivity contribution in [2.24, 2.45) is 5.92 Å². The summed E-state index contributed by atoms with van der Waals surface area (Å²) in [6.07, 6.45) is 6.04. The van der Waals surface area contributed by atoms with E-state index < -0.39 is 40.9 Å². The number of carbonyl (C=O) groups excluding carboxylic acids is 2. The molecule has 4 atom stereocenters. The quantitative estimate of drug-likeness (QED) is 0.142. The van der Waals surface area contributed by atoms with Gasteiger partial charge in [0.1, 0.15) is 23.5 Å². The van der Waals surface area contributed by atoms with E-state index in [4.69, 9.17) is 14.7 Å². The molecule has 4 aliphatic rings. The Balaban J connectivity index is 1.04. The molecular weight excluding hydrogens is 863 g/mol. The standard InChI is InChI=1S/C49H52F2N10O6/c1-26-19-33(20-27(2)41(26)50)61-43(58-16-15-57(47(58)64)38-10-9-37-34(42(38)51)24-52-59(37)25-48(5,6)65)40-29(4)56(14-11-35(40)54-61)44(62)39-22-32-21-31(30-12-17-66-18-13-30)7-8-36(32)60(39)49(23-28(49)3)45-53-46(63)67-55-45/h7-10,15-16,19-22,24,28-30,45,55,65H,11-14,17-18,23,25H2,1-6H3,(H,53,63)/t28-,29-,45?,49-/m0/s1.